The van der Waals surface area contributed by atoms with E-state index in [1.165, 1.54) is 11.9 Å². The minimum Gasteiger partial charge on any atom is -0.343 e. The molecule has 0 saturated carbocycles. The fourth-order valence-electron chi connectivity index (χ4n) is 4.05. The topological polar surface area (TPSA) is 112 Å². The van der Waals surface area contributed by atoms with Gasteiger partial charge in [-0.1, -0.05) is 6.07 Å². The summed E-state index contributed by atoms with van der Waals surface area (Å²) in [6.45, 7) is 7.26. The number of rotatable bonds is 6. The van der Waals surface area contributed by atoms with Crippen LogP contribution in [0, 0.1) is 6.92 Å². The van der Waals surface area contributed by atoms with Crippen LogP contribution in [0.1, 0.15) is 42.6 Å². The lowest BCUT2D eigenvalue weighted by atomic mass is 9.88. The van der Waals surface area contributed by atoms with Gasteiger partial charge in [0, 0.05) is 37.2 Å². The number of carbonyl (C=O) groups is 1. The van der Waals surface area contributed by atoms with Gasteiger partial charge < -0.3 is 10.3 Å². The van der Waals surface area contributed by atoms with E-state index in [1.54, 1.807) is 6.20 Å². The van der Waals surface area contributed by atoms with Crippen LogP contribution in [0.2, 0.25) is 0 Å². The first-order chi connectivity index (χ1) is 15.1. The normalized spacial score (nSPS) is 15.0. The van der Waals surface area contributed by atoms with Gasteiger partial charge in [0.15, 0.2) is 5.82 Å². The van der Waals surface area contributed by atoms with Crippen molar-refractivity contribution in [2.75, 3.05) is 25.0 Å². The molecule has 9 nitrogen and oxygen atoms in total. The van der Waals surface area contributed by atoms with E-state index in [4.69, 9.17) is 4.98 Å². The van der Waals surface area contributed by atoms with Gasteiger partial charge in [-0.2, -0.15) is 0 Å². The summed E-state index contributed by atoms with van der Waals surface area (Å²) in [5.74, 6) is 1.83. The summed E-state index contributed by atoms with van der Waals surface area (Å²) in [5, 5.41) is 5.44. The highest BCUT2D eigenvalue weighted by molar-refractivity contribution is 5.88. The molecule has 1 saturated heterocycles. The third-order valence-corrected chi connectivity index (χ3v) is 5.58. The van der Waals surface area contributed by atoms with Crippen LogP contribution in [0.3, 0.4) is 0 Å². The van der Waals surface area contributed by atoms with Crippen molar-refractivity contribution in [3.8, 4) is 11.5 Å². The summed E-state index contributed by atoms with van der Waals surface area (Å²) in [6, 6.07) is 5.83. The number of nitrogens with zero attached hydrogens (tertiary/aromatic N) is 5. The van der Waals surface area contributed by atoms with Gasteiger partial charge in [0.1, 0.15) is 17.8 Å². The molecule has 3 N–H and O–H groups in total. The van der Waals surface area contributed by atoms with Gasteiger partial charge in [-0.05, 0) is 57.3 Å². The van der Waals surface area contributed by atoms with Crippen molar-refractivity contribution in [1.29, 1.82) is 0 Å². The van der Waals surface area contributed by atoms with E-state index < -0.39 is 0 Å². The first-order valence-corrected chi connectivity index (χ1v) is 10.7. The minimum absolute atomic E-state index is 0.255. The molecule has 0 aliphatic carbocycles. The van der Waals surface area contributed by atoms with E-state index in [9.17, 15) is 4.79 Å². The van der Waals surface area contributed by atoms with Crippen LogP contribution in [0.5, 0.6) is 0 Å². The number of pyridine rings is 1. The number of hydrogen-bond acceptors (Lipinski definition) is 6. The van der Waals surface area contributed by atoms with Gasteiger partial charge >= 0.3 is 6.03 Å². The smallest absolute Gasteiger partial charge is 0.320 e. The number of H-pyrrole nitrogens is 1. The number of nitrogens with one attached hydrogen (secondary N) is 3. The number of hydrogen-bond donors (Lipinski definition) is 3. The zero-order valence-corrected chi connectivity index (χ0v) is 17.9. The molecule has 0 unspecified atom stereocenters. The summed E-state index contributed by atoms with van der Waals surface area (Å²) >= 11 is 0. The number of likely N-dealkylation sites (tertiary alicyclic amines) is 1. The number of carbonyl (C=O) groups excluding carboxylic acids is 1. The fourth-order valence-corrected chi connectivity index (χ4v) is 4.05. The monoisotopic (exact) mass is 420 g/mol. The van der Waals surface area contributed by atoms with Crippen molar-refractivity contribution in [3.05, 3.63) is 53.9 Å². The molecular weight excluding hydrogens is 392 g/mol. The molecular formula is C22H28N8O. The molecule has 1 fully saturated rings. The lowest BCUT2D eigenvalue weighted by molar-refractivity contribution is 0.202. The summed E-state index contributed by atoms with van der Waals surface area (Å²) in [5.41, 5.74) is 4.18. The van der Waals surface area contributed by atoms with Crippen LogP contribution in [-0.4, -0.2) is 55.5 Å². The van der Waals surface area contributed by atoms with Crippen molar-refractivity contribution >= 4 is 11.8 Å². The number of urea groups is 1. The Morgan fingerprint density at radius 1 is 1.23 bits per heavy atom. The molecule has 9 heteroatoms. The number of amides is 2. The maximum Gasteiger partial charge on any atom is 0.320 e. The van der Waals surface area contributed by atoms with Crippen molar-refractivity contribution in [2.45, 2.75) is 39.2 Å². The largest absolute Gasteiger partial charge is 0.343 e. The number of aromatic nitrogens is 5. The number of aryl methyl sites for hydroxylation is 1. The highest BCUT2D eigenvalue weighted by Gasteiger charge is 2.23. The van der Waals surface area contributed by atoms with Gasteiger partial charge in [0.05, 0.1) is 5.69 Å². The Kier molecular flexibility index (Phi) is 6.51. The van der Waals surface area contributed by atoms with E-state index in [2.05, 4.69) is 54.5 Å². The first kappa shape index (κ1) is 20.9. The van der Waals surface area contributed by atoms with Crippen LogP contribution < -0.4 is 10.6 Å². The molecule has 0 aromatic carbocycles. The lowest BCUT2D eigenvalue weighted by Gasteiger charge is -2.32. The van der Waals surface area contributed by atoms with Crippen LogP contribution in [0.25, 0.3) is 11.5 Å². The molecule has 0 bridgehead atoms. The van der Waals surface area contributed by atoms with E-state index in [0.29, 0.717) is 18.3 Å². The van der Waals surface area contributed by atoms with Crippen molar-refractivity contribution in [2.24, 2.45) is 0 Å². The Bertz CT molecular complexity index is 1010. The summed E-state index contributed by atoms with van der Waals surface area (Å²) in [4.78, 5) is 34.8. The van der Waals surface area contributed by atoms with Crippen molar-refractivity contribution < 1.29 is 4.79 Å². The molecule has 0 atom stereocenters. The Morgan fingerprint density at radius 3 is 2.77 bits per heavy atom. The quantitative estimate of drug-likeness (QED) is 0.565. The lowest BCUT2D eigenvalue weighted by Crippen LogP contribution is -2.33. The molecule has 162 valence electrons. The standard InChI is InChI=1S/C22H28N8O/c1-3-23-22(31)29-20-12-17(26-14-27-20)13-30-10-6-16(7-11-30)18-4-5-19(28-15(18)2)21-24-8-9-25-21/h4-5,8-9,12,14,16H,3,6-7,10-11,13H2,1-2H3,(H,24,25)(H2,23,26,27,29,31). The maximum absolute atomic E-state index is 11.7. The number of anilines is 1. The maximum atomic E-state index is 11.7. The molecule has 3 aromatic heterocycles. The second-order valence-electron chi connectivity index (χ2n) is 7.74. The number of imidazole rings is 1. The molecule has 3 aromatic rings. The van der Waals surface area contributed by atoms with Crippen LogP contribution in [-0.2, 0) is 6.54 Å². The highest BCUT2D eigenvalue weighted by atomic mass is 16.2. The van der Waals surface area contributed by atoms with Crippen LogP contribution in [0.4, 0.5) is 10.6 Å². The Labute approximate surface area is 181 Å². The Balaban J connectivity index is 1.33. The van der Waals surface area contributed by atoms with Gasteiger partial charge in [0.25, 0.3) is 0 Å². The van der Waals surface area contributed by atoms with Gasteiger partial charge in [-0.3, -0.25) is 10.2 Å². The summed E-state index contributed by atoms with van der Waals surface area (Å²) in [7, 11) is 0. The SMILES string of the molecule is CCNC(=O)Nc1cc(CN2CCC(c3ccc(-c4ncc[nH]4)nc3C)CC2)ncn1. The average molecular weight is 421 g/mol. The van der Waals surface area contributed by atoms with Gasteiger partial charge in [-0.25, -0.2) is 24.7 Å². The summed E-state index contributed by atoms with van der Waals surface area (Å²) < 4.78 is 0. The Hall–Kier alpha value is -3.33. The van der Waals surface area contributed by atoms with E-state index in [1.807, 2.05) is 19.2 Å². The number of aromatic amines is 1. The predicted molar refractivity (Wildman–Crippen MR) is 119 cm³/mol. The van der Waals surface area contributed by atoms with Crippen molar-refractivity contribution in [3.63, 3.8) is 0 Å². The molecule has 1 aliphatic rings. The van der Waals surface area contributed by atoms with E-state index >= 15 is 0 Å². The predicted octanol–water partition coefficient (Wildman–Crippen LogP) is 3.09. The van der Waals surface area contributed by atoms with Gasteiger partial charge in [-0.15, -0.1) is 0 Å². The first-order valence-electron chi connectivity index (χ1n) is 10.7. The molecule has 2 amide bonds. The average Bonchev–Trinajstić information content (AvgIpc) is 3.30. The Morgan fingerprint density at radius 2 is 2.06 bits per heavy atom. The zero-order valence-electron chi connectivity index (χ0n) is 17.9. The number of piperidine rings is 1. The molecule has 0 radical (unpaired) electrons. The zero-order chi connectivity index (χ0) is 21.6. The van der Waals surface area contributed by atoms with Crippen LogP contribution >= 0.6 is 0 Å². The molecule has 1 aliphatic heterocycles. The molecule has 0 spiro atoms. The molecule has 4 rings (SSSR count). The van der Waals surface area contributed by atoms with E-state index in [0.717, 1.165) is 55.4 Å². The molecule has 4 heterocycles. The second kappa shape index (κ2) is 9.65. The fraction of sp³-hybridized carbons (Fsp3) is 0.409. The molecule has 31 heavy (non-hydrogen) atoms. The van der Waals surface area contributed by atoms with Crippen molar-refractivity contribution in [1.82, 2.24) is 35.1 Å². The third kappa shape index (κ3) is 5.24. The highest BCUT2D eigenvalue weighted by Crippen LogP contribution is 2.31. The summed E-state index contributed by atoms with van der Waals surface area (Å²) in [6.07, 6.45) is 7.22. The van der Waals surface area contributed by atoms with E-state index in [-0.39, 0.29) is 6.03 Å². The minimum atomic E-state index is -0.255. The third-order valence-electron chi connectivity index (χ3n) is 5.58. The van der Waals surface area contributed by atoms with Gasteiger partial charge in [0.2, 0.25) is 0 Å². The van der Waals surface area contributed by atoms with Crippen LogP contribution in [0.15, 0.2) is 36.9 Å². The second-order valence-corrected chi connectivity index (χ2v) is 7.74.